The smallest absolute Gasteiger partial charge is 0.336 e. The first-order chi connectivity index (χ1) is 8.11. The topological polar surface area (TPSA) is 123 Å². The lowest BCUT2D eigenvalue weighted by Gasteiger charge is -2.00. The van der Waals surface area contributed by atoms with Gasteiger partial charge in [0.05, 0.1) is 12.9 Å². The number of methoxy groups -OCH3 is 1. The minimum atomic E-state index is -0.393. The standard InChI is InChI=1S/C8H13N5O3S/c1-16-8-11-7(12-13-8)10-6(15)2-3-17-4-5(9)14/h2-4H2,1H3,(H2,9,14)(H2,10,11,12,13,15). The molecular formula is C8H13N5O3S. The number of anilines is 1. The summed E-state index contributed by atoms with van der Waals surface area (Å²) >= 11 is 1.30. The molecule has 0 aliphatic rings. The number of primary amides is 1. The molecule has 0 saturated heterocycles. The van der Waals surface area contributed by atoms with Crippen LogP contribution < -0.4 is 15.8 Å². The number of ether oxygens (including phenoxy) is 1. The van der Waals surface area contributed by atoms with Gasteiger partial charge in [0.2, 0.25) is 17.8 Å². The van der Waals surface area contributed by atoms with Crippen molar-refractivity contribution in [2.45, 2.75) is 6.42 Å². The van der Waals surface area contributed by atoms with Crippen LogP contribution in [0, 0.1) is 0 Å². The summed E-state index contributed by atoms with van der Waals surface area (Å²) in [6.45, 7) is 0. The Morgan fingerprint density at radius 2 is 2.35 bits per heavy atom. The number of nitrogens with zero attached hydrogens (tertiary/aromatic N) is 2. The van der Waals surface area contributed by atoms with E-state index in [1.165, 1.54) is 18.9 Å². The maximum absolute atomic E-state index is 11.4. The van der Waals surface area contributed by atoms with Crippen molar-refractivity contribution >= 4 is 29.5 Å². The highest BCUT2D eigenvalue weighted by Gasteiger charge is 2.07. The van der Waals surface area contributed by atoms with Crippen LogP contribution in [-0.4, -0.2) is 45.6 Å². The molecule has 0 bridgehead atoms. The summed E-state index contributed by atoms with van der Waals surface area (Å²) in [5.41, 5.74) is 4.95. The lowest BCUT2D eigenvalue weighted by Crippen LogP contribution is -2.16. The predicted octanol–water partition coefficient (Wildman–Crippen LogP) is -0.640. The quantitative estimate of drug-likeness (QED) is 0.560. The minimum absolute atomic E-state index is 0.156. The van der Waals surface area contributed by atoms with Crippen LogP contribution in [0.25, 0.3) is 0 Å². The van der Waals surface area contributed by atoms with E-state index in [0.717, 1.165) is 0 Å². The molecule has 1 heterocycles. The normalized spacial score (nSPS) is 9.94. The molecule has 0 atom stereocenters. The second-order valence-corrected chi connectivity index (χ2v) is 4.09. The minimum Gasteiger partial charge on any atom is -0.466 e. The highest BCUT2D eigenvalue weighted by atomic mass is 32.2. The molecule has 0 aromatic carbocycles. The molecule has 1 aromatic heterocycles. The maximum Gasteiger partial charge on any atom is 0.336 e. The molecule has 1 aromatic rings. The van der Waals surface area contributed by atoms with Gasteiger partial charge in [0.1, 0.15) is 0 Å². The molecule has 0 spiro atoms. The van der Waals surface area contributed by atoms with Crippen molar-refractivity contribution in [2.24, 2.45) is 5.73 Å². The Morgan fingerprint density at radius 1 is 1.59 bits per heavy atom. The van der Waals surface area contributed by atoms with Crippen molar-refractivity contribution in [3.05, 3.63) is 0 Å². The van der Waals surface area contributed by atoms with E-state index >= 15 is 0 Å². The number of rotatable bonds is 7. The van der Waals surface area contributed by atoms with Crippen LogP contribution in [0.4, 0.5) is 5.95 Å². The molecule has 0 radical (unpaired) electrons. The second kappa shape index (κ2) is 6.74. The number of nitrogens with one attached hydrogen (secondary N) is 2. The summed E-state index contributed by atoms with van der Waals surface area (Å²) in [5.74, 6) is 0.339. The highest BCUT2D eigenvalue weighted by molar-refractivity contribution is 7.99. The zero-order chi connectivity index (χ0) is 12.7. The zero-order valence-electron chi connectivity index (χ0n) is 9.23. The molecule has 4 N–H and O–H groups in total. The Kier molecular flexibility index (Phi) is 5.27. The molecule has 2 amide bonds. The van der Waals surface area contributed by atoms with Crippen LogP contribution in [0.5, 0.6) is 6.01 Å². The number of hydrogen-bond acceptors (Lipinski definition) is 6. The Hall–Kier alpha value is -1.77. The summed E-state index contributed by atoms with van der Waals surface area (Å²) in [6, 6.07) is 0.156. The van der Waals surface area contributed by atoms with Crippen molar-refractivity contribution in [1.82, 2.24) is 15.2 Å². The van der Waals surface area contributed by atoms with Gasteiger partial charge in [0.15, 0.2) is 0 Å². The van der Waals surface area contributed by atoms with Gasteiger partial charge >= 0.3 is 6.01 Å². The van der Waals surface area contributed by atoms with Crippen LogP contribution in [0.15, 0.2) is 0 Å². The predicted molar refractivity (Wildman–Crippen MR) is 62.7 cm³/mol. The first-order valence-corrected chi connectivity index (χ1v) is 5.89. The molecule has 8 nitrogen and oxygen atoms in total. The summed E-state index contributed by atoms with van der Waals surface area (Å²) in [7, 11) is 1.43. The van der Waals surface area contributed by atoms with Crippen molar-refractivity contribution in [3.63, 3.8) is 0 Å². The number of carbonyl (C=O) groups excluding carboxylic acids is 2. The van der Waals surface area contributed by atoms with Gasteiger partial charge < -0.3 is 10.5 Å². The molecule has 0 saturated carbocycles. The van der Waals surface area contributed by atoms with E-state index in [-0.39, 0.29) is 30.0 Å². The number of nitrogens with two attached hydrogens (primary N) is 1. The monoisotopic (exact) mass is 259 g/mol. The third-order valence-corrected chi connectivity index (χ3v) is 2.60. The van der Waals surface area contributed by atoms with Crippen molar-refractivity contribution in [2.75, 3.05) is 23.9 Å². The molecule has 0 aliphatic carbocycles. The molecule has 94 valence electrons. The molecule has 0 aliphatic heterocycles. The highest BCUT2D eigenvalue weighted by Crippen LogP contribution is 2.06. The lowest BCUT2D eigenvalue weighted by atomic mass is 10.4. The van der Waals surface area contributed by atoms with E-state index in [0.29, 0.717) is 5.75 Å². The largest absolute Gasteiger partial charge is 0.466 e. The molecular weight excluding hydrogens is 246 g/mol. The summed E-state index contributed by atoms with van der Waals surface area (Å²) < 4.78 is 4.74. The Morgan fingerprint density at radius 3 is 2.94 bits per heavy atom. The molecule has 0 fully saturated rings. The number of carbonyl (C=O) groups is 2. The third-order valence-electron chi connectivity index (χ3n) is 1.62. The summed E-state index contributed by atoms with van der Waals surface area (Å²) in [4.78, 5) is 25.6. The van der Waals surface area contributed by atoms with E-state index in [2.05, 4.69) is 20.5 Å². The van der Waals surface area contributed by atoms with Crippen LogP contribution in [0.1, 0.15) is 6.42 Å². The number of amides is 2. The van der Waals surface area contributed by atoms with Gasteiger partial charge in [0.25, 0.3) is 0 Å². The van der Waals surface area contributed by atoms with Gasteiger partial charge in [-0.1, -0.05) is 0 Å². The van der Waals surface area contributed by atoms with Crippen LogP contribution >= 0.6 is 11.8 Å². The molecule has 17 heavy (non-hydrogen) atoms. The molecule has 0 unspecified atom stereocenters. The van der Waals surface area contributed by atoms with Gasteiger partial charge in [-0.15, -0.1) is 5.10 Å². The SMILES string of the molecule is COc1n[nH]c(NC(=O)CCSCC(N)=O)n1. The van der Waals surface area contributed by atoms with Crippen LogP contribution in [0.3, 0.4) is 0 Å². The lowest BCUT2D eigenvalue weighted by molar-refractivity contribution is -0.116. The average molecular weight is 259 g/mol. The van der Waals surface area contributed by atoms with Gasteiger partial charge in [-0.05, 0) is 0 Å². The summed E-state index contributed by atoms with van der Waals surface area (Å²) in [5, 5.41) is 8.67. The van der Waals surface area contributed by atoms with Crippen molar-refractivity contribution < 1.29 is 14.3 Å². The van der Waals surface area contributed by atoms with E-state index in [4.69, 9.17) is 10.5 Å². The summed E-state index contributed by atoms with van der Waals surface area (Å²) in [6.07, 6.45) is 0.265. The second-order valence-electron chi connectivity index (χ2n) is 2.99. The fourth-order valence-electron chi connectivity index (χ4n) is 0.926. The average Bonchev–Trinajstić information content (AvgIpc) is 2.72. The van der Waals surface area contributed by atoms with Gasteiger partial charge in [-0.3, -0.25) is 14.9 Å². The van der Waals surface area contributed by atoms with E-state index < -0.39 is 5.91 Å². The van der Waals surface area contributed by atoms with Gasteiger partial charge in [-0.2, -0.15) is 16.7 Å². The first kappa shape index (κ1) is 13.3. The number of hydrogen-bond donors (Lipinski definition) is 3. The van der Waals surface area contributed by atoms with Crippen molar-refractivity contribution in [3.8, 4) is 6.01 Å². The maximum atomic E-state index is 11.4. The Balaban J connectivity index is 2.22. The number of H-pyrrole nitrogens is 1. The fraction of sp³-hybridized carbons (Fsp3) is 0.500. The molecule has 9 heteroatoms. The Labute approximate surface area is 102 Å². The van der Waals surface area contributed by atoms with Gasteiger partial charge in [-0.25, -0.2) is 5.10 Å². The first-order valence-electron chi connectivity index (χ1n) is 4.74. The third kappa shape index (κ3) is 5.20. The van der Waals surface area contributed by atoms with Crippen molar-refractivity contribution in [1.29, 1.82) is 0 Å². The van der Waals surface area contributed by atoms with E-state index in [9.17, 15) is 9.59 Å². The fourth-order valence-corrected chi connectivity index (χ4v) is 1.60. The number of thioether (sulfide) groups is 1. The van der Waals surface area contributed by atoms with Crippen LogP contribution in [0.2, 0.25) is 0 Å². The number of aromatic amines is 1. The number of aromatic nitrogens is 3. The Bertz CT molecular complexity index is 394. The van der Waals surface area contributed by atoms with E-state index in [1.54, 1.807) is 0 Å². The van der Waals surface area contributed by atoms with Crippen LogP contribution in [-0.2, 0) is 9.59 Å². The molecule has 1 rings (SSSR count). The zero-order valence-corrected chi connectivity index (χ0v) is 10.0. The van der Waals surface area contributed by atoms with Gasteiger partial charge in [0, 0.05) is 12.2 Å². The van der Waals surface area contributed by atoms with E-state index in [1.807, 2.05) is 0 Å².